The molecule has 6 nitrogen and oxygen atoms in total. The highest BCUT2D eigenvalue weighted by atomic mass is 79.9. The van der Waals surface area contributed by atoms with Crippen LogP contribution in [0, 0.1) is 0 Å². The molecular formula is C20H41BrN2O4Si2. The molecule has 1 rings (SSSR count). The number of urea groups is 1. The molecule has 0 N–H and O–H groups in total. The molecule has 0 saturated carbocycles. The smallest absolute Gasteiger partial charge is 0.327 e. The van der Waals surface area contributed by atoms with Gasteiger partial charge in [-0.2, -0.15) is 0 Å². The molecule has 0 aromatic carbocycles. The Labute approximate surface area is 188 Å². The topological polar surface area (TPSA) is 59.1 Å². The van der Waals surface area contributed by atoms with Gasteiger partial charge in [-0.1, -0.05) is 57.5 Å². The highest BCUT2D eigenvalue weighted by Crippen LogP contribution is 2.37. The molecule has 1 fully saturated rings. The summed E-state index contributed by atoms with van der Waals surface area (Å²) < 4.78 is 12.4. The zero-order chi connectivity index (χ0) is 22.8. The third-order valence-electron chi connectivity index (χ3n) is 6.74. The Morgan fingerprint density at radius 3 is 1.66 bits per heavy atom. The number of rotatable bonds is 9. The van der Waals surface area contributed by atoms with Crippen molar-refractivity contribution >= 4 is 44.5 Å². The Balaban J connectivity index is 2.72. The second kappa shape index (κ2) is 9.50. The van der Waals surface area contributed by atoms with E-state index in [2.05, 4.69) is 83.7 Å². The van der Waals surface area contributed by atoms with Crippen LogP contribution in [0.1, 0.15) is 41.5 Å². The number of carbonyl (C=O) groups is 2. The van der Waals surface area contributed by atoms with Crippen molar-refractivity contribution in [1.82, 2.24) is 9.80 Å². The number of hydrogen-bond donors (Lipinski definition) is 0. The van der Waals surface area contributed by atoms with Crippen molar-refractivity contribution in [3.05, 3.63) is 0 Å². The number of carbonyl (C=O) groups excluding carboxylic acids is 2. The van der Waals surface area contributed by atoms with Gasteiger partial charge in [0.1, 0.15) is 6.04 Å². The molecule has 9 heteroatoms. The Morgan fingerprint density at radius 2 is 1.28 bits per heavy atom. The lowest BCUT2D eigenvalue weighted by molar-refractivity contribution is -0.128. The molecular weight excluding hydrogens is 468 g/mol. The van der Waals surface area contributed by atoms with E-state index in [1.165, 1.54) is 4.90 Å². The van der Waals surface area contributed by atoms with Gasteiger partial charge in [0, 0.05) is 11.9 Å². The van der Waals surface area contributed by atoms with Crippen LogP contribution in [0.4, 0.5) is 4.79 Å². The zero-order valence-corrected chi connectivity index (χ0v) is 23.6. The molecule has 1 unspecified atom stereocenters. The lowest BCUT2D eigenvalue weighted by atomic mass is 10.2. The van der Waals surface area contributed by atoms with Crippen LogP contribution >= 0.6 is 15.9 Å². The minimum absolute atomic E-state index is 0.0948. The summed E-state index contributed by atoms with van der Waals surface area (Å²) in [5, 5.41) is 0.634. The third kappa shape index (κ3) is 6.38. The summed E-state index contributed by atoms with van der Waals surface area (Å²) in [5.41, 5.74) is 0. The minimum atomic E-state index is -1.91. The molecule has 1 atom stereocenters. The fourth-order valence-corrected chi connectivity index (χ4v) is 5.22. The van der Waals surface area contributed by atoms with Crippen LogP contribution in [0.2, 0.25) is 36.3 Å². The van der Waals surface area contributed by atoms with E-state index in [4.69, 9.17) is 8.85 Å². The number of halogens is 1. The first-order chi connectivity index (χ1) is 13.0. The molecule has 3 amide bonds. The molecule has 1 aliphatic heterocycles. The van der Waals surface area contributed by atoms with E-state index in [9.17, 15) is 9.59 Å². The Morgan fingerprint density at radius 1 is 0.862 bits per heavy atom. The van der Waals surface area contributed by atoms with Crippen molar-refractivity contribution in [2.75, 3.05) is 31.6 Å². The van der Waals surface area contributed by atoms with Crippen LogP contribution in [-0.2, 0) is 13.6 Å². The summed E-state index contributed by atoms with van der Waals surface area (Å²) in [5.74, 6) is -0.155. The maximum absolute atomic E-state index is 12.9. The first-order valence-corrected chi connectivity index (χ1v) is 17.4. The Hall–Kier alpha value is -0.226. The fraction of sp³-hybridized carbons (Fsp3) is 0.900. The van der Waals surface area contributed by atoms with E-state index in [1.54, 1.807) is 4.90 Å². The van der Waals surface area contributed by atoms with Crippen LogP contribution in [0.5, 0.6) is 0 Å². The molecule has 0 aliphatic carbocycles. The van der Waals surface area contributed by atoms with Crippen molar-refractivity contribution in [2.45, 2.75) is 83.8 Å². The fourth-order valence-electron chi connectivity index (χ4n) is 2.53. The van der Waals surface area contributed by atoms with Gasteiger partial charge >= 0.3 is 6.03 Å². The predicted octanol–water partition coefficient (Wildman–Crippen LogP) is 5.06. The monoisotopic (exact) mass is 508 g/mol. The summed E-state index contributed by atoms with van der Waals surface area (Å²) >= 11 is 3.40. The molecule has 0 radical (unpaired) electrons. The average molecular weight is 510 g/mol. The zero-order valence-electron chi connectivity index (χ0n) is 20.0. The van der Waals surface area contributed by atoms with Gasteiger partial charge in [-0.05, 0) is 36.3 Å². The summed E-state index contributed by atoms with van der Waals surface area (Å²) in [6, 6.07) is -0.713. The van der Waals surface area contributed by atoms with Gasteiger partial charge in [-0.3, -0.25) is 9.69 Å². The number of hydrogen-bond acceptors (Lipinski definition) is 4. The molecule has 1 heterocycles. The second-order valence-electron chi connectivity index (χ2n) is 10.9. The van der Waals surface area contributed by atoms with Crippen molar-refractivity contribution in [3.63, 3.8) is 0 Å². The summed E-state index contributed by atoms with van der Waals surface area (Å²) in [6.45, 7) is 23.4. The van der Waals surface area contributed by atoms with E-state index in [0.29, 0.717) is 31.6 Å². The summed E-state index contributed by atoms with van der Waals surface area (Å²) in [4.78, 5) is 28.7. The predicted molar refractivity (Wildman–Crippen MR) is 128 cm³/mol. The SMILES string of the molecule is CC(C)(C)[Si](C)(C)OCCN1C(=O)C(CBr)N(CCO[Si](C)(C)C(C)(C)C)C1=O. The van der Waals surface area contributed by atoms with Gasteiger partial charge in [0.25, 0.3) is 5.91 Å². The van der Waals surface area contributed by atoms with Crippen LogP contribution in [0.15, 0.2) is 0 Å². The van der Waals surface area contributed by atoms with E-state index in [0.717, 1.165) is 0 Å². The third-order valence-corrected chi connectivity index (χ3v) is 16.4. The normalized spacial score (nSPS) is 19.5. The second-order valence-corrected chi connectivity index (χ2v) is 21.1. The molecule has 1 aliphatic rings. The lowest BCUT2D eigenvalue weighted by Crippen LogP contribution is -2.45. The van der Waals surface area contributed by atoms with Gasteiger partial charge in [0.15, 0.2) is 16.6 Å². The van der Waals surface area contributed by atoms with Crippen molar-refractivity contribution < 1.29 is 18.4 Å². The number of amides is 3. The molecule has 0 aromatic heterocycles. The van der Waals surface area contributed by atoms with E-state index in [1.807, 2.05) is 0 Å². The average Bonchev–Trinajstić information content (AvgIpc) is 2.76. The van der Waals surface area contributed by atoms with Crippen molar-refractivity contribution in [3.8, 4) is 0 Å². The first-order valence-electron chi connectivity index (χ1n) is 10.4. The standard InChI is InChI=1S/C20H41BrN2O4Si2/c1-19(2,3)28(7,8)26-13-11-22-16(15-21)17(24)23(18(22)25)12-14-27-29(9,10)20(4,5)6/h16H,11-15H2,1-10H3. The molecule has 1 saturated heterocycles. The van der Waals surface area contributed by atoms with Gasteiger partial charge in [0.05, 0.1) is 19.8 Å². The van der Waals surface area contributed by atoms with E-state index >= 15 is 0 Å². The number of imide groups is 1. The molecule has 0 aromatic rings. The van der Waals surface area contributed by atoms with E-state index < -0.39 is 22.7 Å². The van der Waals surface area contributed by atoms with Gasteiger partial charge in [-0.25, -0.2) is 4.79 Å². The first kappa shape index (κ1) is 26.8. The van der Waals surface area contributed by atoms with Gasteiger partial charge in [0.2, 0.25) is 0 Å². The van der Waals surface area contributed by atoms with Crippen molar-refractivity contribution in [2.24, 2.45) is 0 Å². The van der Waals surface area contributed by atoms with Crippen molar-refractivity contribution in [1.29, 1.82) is 0 Å². The van der Waals surface area contributed by atoms with Crippen LogP contribution in [0.25, 0.3) is 0 Å². The molecule has 29 heavy (non-hydrogen) atoms. The molecule has 0 bridgehead atoms. The maximum Gasteiger partial charge on any atom is 0.327 e. The Bertz CT molecular complexity index is 600. The molecule has 0 spiro atoms. The Kier molecular flexibility index (Phi) is 8.78. The lowest BCUT2D eigenvalue weighted by Gasteiger charge is -2.36. The quantitative estimate of drug-likeness (QED) is 0.248. The summed E-state index contributed by atoms with van der Waals surface area (Å²) in [6.07, 6.45) is 0. The highest BCUT2D eigenvalue weighted by Gasteiger charge is 2.45. The number of alkyl halides is 1. The van der Waals surface area contributed by atoms with Crippen LogP contribution < -0.4 is 0 Å². The highest BCUT2D eigenvalue weighted by molar-refractivity contribution is 9.09. The van der Waals surface area contributed by atoms with Gasteiger partial charge < -0.3 is 13.8 Å². The minimum Gasteiger partial charge on any atom is -0.415 e. The molecule has 170 valence electrons. The van der Waals surface area contributed by atoms with Crippen LogP contribution in [0.3, 0.4) is 0 Å². The maximum atomic E-state index is 12.9. The van der Waals surface area contributed by atoms with Crippen LogP contribution in [-0.4, -0.2) is 76.0 Å². The largest absolute Gasteiger partial charge is 0.415 e. The number of nitrogens with zero attached hydrogens (tertiary/aromatic N) is 2. The van der Waals surface area contributed by atoms with Gasteiger partial charge in [-0.15, -0.1) is 0 Å². The summed E-state index contributed by atoms with van der Waals surface area (Å²) in [7, 11) is -3.80. The van der Waals surface area contributed by atoms with E-state index in [-0.39, 0.29) is 22.0 Å².